The van der Waals surface area contributed by atoms with Gasteiger partial charge in [-0.25, -0.2) is 0 Å². The predicted octanol–water partition coefficient (Wildman–Crippen LogP) is 4.36. The third-order valence-corrected chi connectivity index (χ3v) is 5.20. The van der Waals surface area contributed by atoms with Gasteiger partial charge >= 0.3 is 0 Å². The van der Waals surface area contributed by atoms with Crippen molar-refractivity contribution in [3.05, 3.63) is 28.2 Å². The summed E-state index contributed by atoms with van der Waals surface area (Å²) in [7, 11) is 0. The fourth-order valence-corrected chi connectivity index (χ4v) is 3.64. The minimum atomic E-state index is 0.271. The van der Waals surface area contributed by atoms with Gasteiger partial charge in [-0.1, -0.05) is 26.3 Å². The molecule has 0 aromatic heterocycles. The lowest BCUT2D eigenvalue weighted by Gasteiger charge is -2.34. The highest BCUT2D eigenvalue weighted by molar-refractivity contribution is 9.10. The summed E-state index contributed by atoms with van der Waals surface area (Å²) < 4.78 is 1.22. The third kappa shape index (κ3) is 3.98. The molecule has 20 heavy (non-hydrogen) atoms. The SMILES string of the molecule is CCC(N)Cc1ccc(N2CCC(CC)CC2)c(Br)c1. The Hall–Kier alpha value is -0.540. The van der Waals surface area contributed by atoms with E-state index in [1.165, 1.54) is 48.1 Å². The van der Waals surface area contributed by atoms with E-state index < -0.39 is 0 Å². The second kappa shape index (κ2) is 7.46. The zero-order chi connectivity index (χ0) is 14.5. The van der Waals surface area contributed by atoms with Gasteiger partial charge in [-0.05, 0) is 65.2 Å². The van der Waals surface area contributed by atoms with Gasteiger partial charge in [-0.2, -0.15) is 0 Å². The van der Waals surface area contributed by atoms with E-state index in [2.05, 4.69) is 52.9 Å². The molecule has 0 radical (unpaired) electrons. The van der Waals surface area contributed by atoms with Gasteiger partial charge in [0.25, 0.3) is 0 Å². The van der Waals surface area contributed by atoms with Gasteiger partial charge in [-0.15, -0.1) is 0 Å². The molecule has 1 aromatic rings. The summed E-state index contributed by atoms with van der Waals surface area (Å²) in [5, 5.41) is 0. The fourth-order valence-electron chi connectivity index (χ4n) is 2.96. The standard InChI is InChI=1S/C17H27BrN2/c1-3-13-7-9-20(10-8-13)17-6-5-14(12-16(17)18)11-15(19)4-2/h5-6,12-13,15H,3-4,7-11,19H2,1-2H3. The summed E-state index contributed by atoms with van der Waals surface area (Å²) in [5.41, 5.74) is 8.71. The van der Waals surface area contributed by atoms with Crippen molar-refractivity contribution < 1.29 is 0 Å². The molecule has 2 rings (SSSR count). The van der Waals surface area contributed by atoms with Gasteiger partial charge in [0.2, 0.25) is 0 Å². The lowest BCUT2D eigenvalue weighted by molar-refractivity contribution is 0.395. The van der Waals surface area contributed by atoms with Crippen LogP contribution in [0.15, 0.2) is 22.7 Å². The predicted molar refractivity (Wildman–Crippen MR) is 91.3 cm³/mol. The Morgan fingerprint density at radius 3 is 2.55 bits per heavy atom. The van der Waals surface area contributed by atoms with Gasteiger partial charge in [0, 0.05) is 23.6 Å². The van der Waals surface area contributed by atoms with Gasteiger partial charge < -0.3 is 10.6 Å². The maximum absolute atomic E-state index is 6.04. The number of benzene rings is 1. The van der Waals surface area contributed by atoms with Gasteiger partial charge in [0.15, 0.2) is 0 Å². The van der Waals surface area contributed by atoms with Crippen LogP contribution in [-0.2, 0) is 6.42 Å². The number of hydrogen-bond donors (Lipinski definition) is 1. The molecule has 0 bridgehead atoms. The van der Waals surface area contributed by atoms with E-state index in [0.29, 0.717) is 0 Å². The van der Waals surface area contributed by atoms with E-state index in [1.54, 1.807) is 0 Å². The number of piperidine rings is 1. The van der Waals surface area contributed by atoms with E-state index in [9.17, 15) is 0 Å². The molecule has 1 aromatic carbocycles. The first kappa shape index (κ1) is 15.8. The number of anilines is 1. The van der Waals surface area contributed by atoms with Crippen LogP contribution in [-0.4, -0.2) is 19.1 Å². The zero-order valence-electron chi connectivity index (χ0n) is 12.7. The van der Waals surface area contributed by atoms with E-state index >= 15 is 0 Å². The summed E-state index contributed by atoms with van der Waals surface area (Å²) >= 11 is 3.74. The Labute approximate surface area is 131 Å². The van der Waals surface area contributed by atoms with Crippen molar-refractivity contribution in [1.82, 2.24) is 0 Å². The summed E-state index contributed by atoms with van der Waals surface area (Å²) in [5.74, 6) is 0.923. The van der Waals surface area contributed by atoms with E-state index in [-0.39, 0.29) is 6.04 Å². The van der Waals surface area contributed by atoms with Crippen LogP contribution in [0.4, 0.5) is 5.69 Å². The van der Waals surface area contributed by atoms with Crippen molar-refractivity contribution in [2.24, 2.45) is 11.7 Å². The molecule has 1 aliphatic heterocycles. The lowest BCUT2D eigenvalue weighted by atomic mass is 9.94. The number of nitrogens with two attached hydrogens (primary N) is 1. The number of hydrogen-bond acceptors (Lipinski definition) is 2. The highest BCUT2D eigenvalue weighted by Gasteiger charge is 2.19. The summed E-state index contributed by atoms with van der Waals surface area (Å²) in [6.45, 7) is 6.82. The van der Waals surface area contributed by atoms with Gasteiger partial charge in [0.05, 0.1) is 5.69 Å². The van der Waals surface area contributed by atoms with Crippen molar-refractivity contribution in [2.45, 2.75) is 52.0 Å². The maximum atomic E-state index is 6.04. The second-order valence-electron chi connectivity index (χ2n) is 6.00. The molecule has 1 atom stereocenters. The Morgan fingerprint density at radius 1 is 1.30 bits per heavy atom. The van der Waals surface area contributed by atoms with Gasteiger partial charge in [-0.3, -0.25) is 0 Å². The summed E-state index contributed by atoms with van der Waals surface area (Å²) in [4.78, 5) is 2.51. The molecule has 1 unspecified atom stereocenters. The highest BCUT2D eigenvalue weighted by atomic mass is 79.9. The van der Waals surface area contributed by atoms with Crippen LogP contribution in [0.25, 0.3) is 0 Å². The molecule has 1 saturated heterocycles. The smallest absolute Gasteiger partial charge is 0.0510 e. The third-order valence-electron chi connectivity index (χ3n) is 4.57. The first-order valence-electron chi connectivity index (χ1n) is 7.93. The number of rotatable bonds is 5. The average Bonchev–Trinajstić information content (AvgIpc) is 2.47. The lowest BCUT2D eigenvalue weighted by Crippen LogP contribution is -2.33. The van der Waals surface area contributed by atoms with Crippen molar-refractivity contribution in [3.8, 4) is 0 Å². The van der Waals surface area contributed by atoms with Crippen LogP contribution in [0.2, 0.25) is 0 Å². The van der Waals surface area contributed by atoms with Crippen molar-refractivity contribution in [2.75, 3.05) is 18.0 Å². The van der Waals surface area contributed by atoms with Crippen LogP contribution in [0.1, 0.15) is 45.1 Å². The quantitative estimate of drug-likeness (QED) is 0.864. The Kier molecular flexibility index (Phi) is 5.91. The van der Waals surface area contributed by atoms with E-state index in [1.807, 2.05) is 0 Å². The van der Waals surface area contributed by atoms with Crippen LogP contribution in [0.3, 0.4) is 0 Å². The van der Waals surface area contributed by atoms with Gasteiger partial charge in [0.1, 0.15) is 0 Å². The molecule has 0 amide bonds. The molecule has 0 aliphatic carbocycles. The molecule has 3 heteroatoms. The first-order chi connectivity index (χ1) is 9.63. The molecule has 0 spiro atoms. The molecule has 0 saturated carbocycles. The van der Waals surface area contributed by atoms with Crippen molar-refractivity contribution >= 4 is 21.6 Å². The fraction of sp³-hybridized carbons (Fsp3) is 0.647. The first-order valence-corrected chi connectivity index (χ1v) is 8.72. The maximum Gasteiger partial charge on any atom is 0.0510 e. The van der Waals surface area contributed by atoms with Crippen molar-refractivity contribution in [3.63, 3.8) is 0 Å². The second-order valence-corrected chi connectivity index (χ2v) is 6.85. The molecule has 1 aliphatic rings. The summed E-state index contributed by atoms with van der Waals surface area (Å²) in [6, 6.07) is 7.01. The van der Waals surface area contributed by atoms with Crippen LogP contribution in [0, 0.1) is 5.92 Å². The molecular formula is C17H27BrN2. The van der Waals surface area contributed by atoms with Crippen LogP contribution in [0.5, 0.6) is 0 Å². The minimum Gasteiger partial charge on any atom is -0.371 e. The van der Waals surface area contributed by atoms with Crippen LogP contribution < -0.4 is 10.6 Å². The van der Waals surface area contributed by atoms with E-state index in [4.69, 9.17) is 5.73 Å². The molecule has 2 nitrogen and oxygen atoms in total. The largest absolute Gasteiger partial charge is 0.371 e. The normalized spacial score (nSPS) is 18.3. The topological polar surface area (TPSA) is 29.3 Å². The highest BCUT2D eigenvalue weighted by Crippen LogP contribution is 2.31. The average molecular weight is 339 g/mol. The van der Waals surface area contributed by atoms with Crippen molar-refractivity contribution in [1.29, 1.82) is 0 Å². The summed E-state index contributed by atoms with van der Waals surface area (Å²) in [6.07, 6.45) is 5.97. The Balaban J connectivity index is 2.03. The molecule has 1 heterocycles. The molecule has 1 fully saturated rings. The molecule has 2 N–H and O–H groups in total. The van der Waals surface area contributed by atoms with Crippen LogP contribution >= 0.6 is 15.9 Å². The Bertz CT molecular complexity index is 425. The molecule has 112 valence electrons. The van der Waals surface area contributed by atoms with E-state index in [0.717, 1.165) is 18.8 Å². The monoisotopic (exact) mass is 338 g/mol. The molecular weight excluding hydrogens is 312 g/mol. The Morgan fingerprint density at radius 2 is 2.00 bits per heavy atom. The zero-order valence-corrected chi connectivity index (χ0v) is 14.3. The minimum absolute atomic E-state index is 0.271. The number of nitrogens with zero attached hydrogens (tertiary/aromatic N) is 1. The number of halogens is 1.